The van der Waals surface area contributed by atoms with Gasteiger partial charge in [0.1, 0.15) is 18.4 Å². The summed E-state index contributed by atoms with van der Waals surface area (Å²) in [6.07, 6.45) is 4.47. The molecule has 4 rings (SSSR count). The minimum Gasteiger partial charge on any atom is -0.487 e. The minimum atomic E-state index is -0.783. The molecule has 0 saturated carbocycles. The number of fused-ring (bicyclic) bond motifs is 2. The van der Waals surface area contributed by atoms with Crippen molar-refractivity contribution in [3.8, 4) is 11.8 Å². The molecule has 2 aliphatic heterocycles. The summed E-state index contributed by atoms with van der Waals surface area (Å²) in [5.74, 6) is 0.447. The van der Waals surface area contributed by atoms with Gasteiger partial charge in [-0.15, -0.1) is 0 Å². The zero-order valence-corrected chi connectivity index (χ0v) is 16.5. The van der Waals surface area contributed by atoms with E-state index in [0.717, 1.165) is 24.8 Å². The van der Waals surface area contributed by atoms with Gasteiger partial charge < -0.3 is 4.74 Å². The molecule has 0 N–H and O–H groups in total. The molecule has 4 nitrogen and oxygen atoms in total. The van der Waals surface area contributed by atoms with E-state index in [1.54, 1.807) is 18.2 Å². The van der Waals surface area contributed by atoms with Crippen LogP contribution in [0.5, 0.6) is 5.75 Å². The van der Waals surface area contributed by atoms with Crippen molar-refractivity contribution >= 4 is 16.6 Å². The largest absolute Gasteiger partial charge is 0.487 e. The van der Waals surface area contributed by atoms with Gasteiger partial charge in [0.05, 0.1) is 5.56 Å². The van der Waals surface area contributed by atoms with E-state index in [9.17, 15) is 14.3 Å². The summed E-state index contributed by atoms with van der Waals surface area (Å²) in [6, 6.07) is 17.0. The molecule has 0 aliphatic carbocycles. The van der Waals surface area contributed by atoms with Gasteiger partial charge in [0, 0.05) is 32.8 Å². The Morgan fingerprint density at radius 2 is 1.82 bits per heavy atom. The predicted molar refractivity (Wildman–Crippen MR) is 109 cm³/mol. The molecule has 2 unspecified atom stereocenters. The van der Waals surface area contributed by atoms with Gasteiger partial charge in [0.15, 0.2) is 5.78 Å². The topological polar surface area (TPSA) is 67.2 Å². The Morgan fingerprint density at radius 1 is 1.11 bits per heavy atom. The molecule has 2 bridgehead atoms. The number of Topliss-reactive ketones (excluding diaryl/α,β-unsaturated/α-hetero) is 1. The monoisotopic (exact) mass is 393 g/mol. The lowest BCUT2D eigenvalue weighted by Gasteiger charge is -2.37. The van der Waals surface area contributed by atoms with Crippen LogP contribution in [0.3, 0.4) is 0 Å². The van der Waals surface area contributed by atoms with Crippen molar-refractivity contribution in [2.45, 2.75) is 49.2 Å². The lowest BCUT2D eigenvalue weighted by atomic mass is 9.84. The summed E-state index contributed by atoms with van der Waals surface area (Å²) in [5.41, 5.74) is 2.01. The van der Waals surface area contributed by atoms with Gasteiger partial charge >= 0.3 is 0 Å². The first kappa shape index (κ1) is 18.9. The standard InChI is InChI=1S/C23H23NO3S/c24-14-18-10-9-17(13-22(18)27-15-16-5-2-1-3-6-16)23(25)19-11-20-7-4-8-21(12-19)28(20)26/h1-3,5-6,9-10,13,19-21H,4,7-8,11-12,15H2. The SMILES string of the molecule is N#Cc1ccc(C(=O)C2CC3CCCC(C2)S3=O)cc1OCc1ccccc1. The number of rotatable bonds is 5. The van der Waals surface area contributed by atoms with E-state index in [1.165, 1.54) is 0 Å². The molecule has 2 aliphatic rings. The maximum absolute atomic E-state index is 13.1. The van der Waals surface area contributed by atoms with Gasteiger partial charge in [-0.1, -0.05) is 36.8 Å². The molecule has 2 saturated heterocycles. The van der Waals surface area contributed by atoms with Crippen LogP contribution in [0.1, 0.15) is 53.6 Å². The van der Waals surface area contributed by atoms with Gasteiger partial charge in [-0.3, -0.25) is 9.00 Å². The molecule has 2 fully saturated rings. The molecule has 0 aromatic heterocycles. The lowest BCUT2D eigenvalue weighted by Crippen LogP contribution is -2.41. The fraction of sp³-hybridized carbons (Fsp3) is 0.391. The number of carbonyl (C=O) groups is 1. The molecule has 2 atom stereocenters. The average molecular weight is 394 g/mol. The van der Waals surface area contributed by atoms with Crippen LogP contribution in [0.4, 0.5) is 0 Å². The second-order valence-electron chi connectivity index (χ2n) is 7.63. The number of ketones is 1. The van der Waals surface area contributed by atoms with Crippen molar-refractivity contribution in [3.63, 3.8) is 0 Å². The third kappa shape index (κ3) is 3.88. The van der Waals surface area contributed by atoms with E-state index in [1.807, 2.05) is 30.3 Å². The molecule has 2 heterocycles. The molecule has 0 radical (unpaired) electrons. The highest BCUT2D eigenvalue weighted by atomic mass is 32.2. The normalized spacial score (nSPS) is 26.2. The van der Waals surface area contributed by atoms with Crippen molar-refractivity contribution in [2.75, 3.05) is 0 Å². The van der Waals surface area contributed by atoms with Gasteiger partial charge in [-0.05, 0) is 49.4 Å². The highest BCUT2D eigenvalue weighted by Crippen LogP contribution is 2.38. The summed E-state index contributed by atoms with van der Waals surface area (Å²) in [7, 11) is -0.783. The van der Waals surface area contributed by atoms with E-state index < -0.39 is 10.8 Å². The summed E-state index contributed by atoms with van der Waals surface area (Å²) < 4.78 is 18.3. The van der Waals surface area contributed by atoms with Crippen LogP contribution < -0.4 is 4.74 Å². The third-order valence-electron chi connectivity index (χ3n) is 5.80. The van der Waals surface area contributed by atoms with E-state index in [-0.39, 0.29) is 22.2 Å². The van der Waals surface area contributed by atoms with Crippen LogP contribution in [0, 0.1) is 17.2 Å². The van der Waals surface area contributed by atoms with Crippen molar-refractivity contribution in [2.24, 2.45) is 5.92 Å². The number of benzene rings is 2. The zero-order chi connectivity index (χ0) is 19.5. The molecule has 5 heteroatoms. The van der Waals surface area contributed by atoms with Gasteiger partial charge in [0.25, 0.3) is 0 Å². The Kier molecular flexibility index (Phi) is 5.59. The smallest absolute Gasteiger partial charge is 0.166 e. The first-order valence-electron chi connectivity index (χ1n) is 9.80. The van der Waals surface area contributed by atoms with Crippen molar-refractivity contribution in [3.05, 3.63) is 65.2 Å². The number of carbonyl (C=O) groups excluding carboxylic acids is 1. The Morgan fingerprint density at radius 3 is 2.50 bits per heavy atom. The molecule has 2 aromatic rings. The summed E-state index contributed by atoms with van der Waals surface area (Å²) in [4.78, 5) is 13.1. The van der Waals surface area contributed by atoms with Crippen LogP contribution in [0.2, 0.25) is 0 Å². The molecular weight excluding hydrogens is 370 g/mol. The number of hydrogen-bond acceptors (Lipinski definition) is 4. The zero-order valence-electron chi connectivity index (χ0n) is 15.7. The fourth-order valence-corrected chi connectivity index (χ4v) is 6.49. The molecule has 2 aromatic carbocycles. The second-order valence-corrected chi connectivity index (χ2v) is 9.62. The number of hydrogen-bond donors (Lipinski definition) is 0. The molecule has 0 spiro atoms. The first-order valence-corrected chi connectivity index (χ1v) is 11.1. The predicted octanol–water partition coefficient (Wildman–Crippen LogP) is 4.40. The Labute approximate surface area is 168 Å². The summed E-state index contributed by atoms with van der Waals surface area (Å²) >= 11 is 0. The Bertz CT molecular complexity index is 919. The first-order chi connectivity index (χ1) is 13.7. The van der Waals surface area contributed by atoms with E-state index in [0.29, 0.717) is 36.3 Å². The van der Waals surface area contributed by atoms with Crippen LogP contribution in [0.15, 0.2) is 48.5 Å². The van der Waals surface area contributed by atoms with E-state index in [2.05, 4.69) is 6.07 Å². The van der Waals surface area contributed by atoms with Gasteiger partial charge in [0.2, 0.25) is 0 Å². The quantitative estimate of drug-likeness (QED) is 0.706. The van der Waals surface area contributed by atoms with Gasteiger partial charge in [-0.2, -0.15) is 5.26 Å². The number of ether oxygens (including phenoxy) is 1. The van der Waals surface area contributed by atoms with Crippen LogP contribution in [-0.4, -0.2) is 20.5 Å². The molecule has 144 valence electrons. The highest BCUT2D eigenvalue weighted by Gasteiger charge is 2.40. The molecular formula is C23H23NO3S. The van der Waals surface area contributed by atoms with Crippen LogP contribution in [-0.2, 0) is 17.4 Å². The van der Waals surface area contributed by atoms with Crippen molar-refractivity contribution in [1.82, 2.24) is 0 Å². The van der Waals surface area contributed by atoms with Gasteiger partial charge in [-0.25, -0.2) is 0 Å². The molecule has 28 heavy (non-hydrogen) atoms. The lowest BCUT2D eigenvalue weighted by molar-refractivity contribution is 0.0895. The maximum Gasteiger partial charge on any atom is 0.166 e. The van der Waals surface area contributed by atoms with Crippen LogP contribution >= 0.6 is 0 Å². The molecule has 0 amide bonds. The van der Waals surface area contributed by atoms with Crippen molar-refractivity contribution in [1.29, 1.82) is 5.26 Å². The fourth-order valence-electron chi connectivity index (χ4n) is 4.31. The van der Waals surface area contributed by atoms with Crippen molar-refractivity contribution < 1.29 is 13.7 Å². The Hall–Kier alpha value is -2.45. The maximum atomic E-state index is 13.1. The third-order valence-corrected chi connectivity index (χ3v) is 7.97. The van der Waals surface area contributed by atoms with E-state index >= 15 is 0 Å². The Balaban J connectivity index is 1.52. The summed E-state index contributed by atoms with van der Waals surface area (Å²) in [6.45, 7) is 0.347. The second kappa shape index (κ2) is 8.28. The highest BCUT2D eigenvalue weighted by molar-refractivity contribution is 7.86. The summed E-state index contributed by atoms with van der Waals surface area (Å²) in [5, 5.41) is 9.70. The van der Waals surface area contributed by atoms with Crippen LogP contribution in [0.25, 0.3) is 0 Å². The number of nitriles is 1. The average Bonchev–Trinajstić information content (AvgIpc) is 2.72. The number of nitrogens with zero attached hydrogens (tertiary/aromatic N) is 1. The van der Waals surface area contributed by atoms with E-state index in [4.69, 9.17) is 4.74 Å². The minimum absolute atomic E-state index is 0.0806.